The molecule has 1 aromatic heterocycles. The number of hydrogen-bond donors (Lipinski definition) is 2. The molecule has 0 spiro atoms. The molecule has 1 rings (SSSR count). The van der Waals surface area contributed by atoms with E-state index in [0.29, 0.717) is 0 Å². The molecule has 0 fully saturated rings. The monoisotopic (exact) mass is 235 g/mol. The normalized spacial score (nSPS) is 11.5. The minimum atomic E-state index is 0.0677. The van der Waals surface area contributed by atoms with Gasteiger partial charge in [-0.2, -0.15) is 0 Å². The Morgan fingerprint density at radius 2 is 2.24 bits per heavy atom. The Hall–Kier alpha value is -1.23. The molecule has 0 bridgehead atoms. The summed E-state index contributed by atoms with van der Waals surface area (Å²) < 4.78 is 0. The van der Waals surface area contributed by atoms with Gasteiger partial charge in [-0.1, -0.05) is 12.2 Å². The summed E-state index contributed by atoms with van der Waals surface area (Å²) in [4.78, 5) is 6.34. The molecule has 1 heterocycles. The van der Waals surface area contributed by atoms with Crippen molar-refractivity contribution >= 4 is 0 Å². The highest BCUT2D eigenvalue weighted by Gasteiger charge is 1.95. The predicted octanol–water partition coefficient (Wildman–Crippen LogP) is 0.781. The average Bonchev–Trinajstić information content (AvgIpc) is 2.33. The molecular weight excluding hydrogens is 214 g/mol. The highest BCUT2D eigenvalue weighted by Crippen LogP contribution is 2.00. The van der Waals surface area contributed by atoms with Crippen molar-refractivity contribution in [2.75, 3.05) is 27.2 Å². The highest BCUT2D eigenvalue weighted by atomic mass is 16.3. The van der Waals surface area contributed by atoms with Crippen LogP contribution in [-0.4, -0.2) is 42.2 Å². The predicted molar refractivity (Wildman–Crippen MR) is 69.6 cm³/mol. The van der Waals surface area contributed by atoms with Crippen LogP contribution in [-0.2, 0) is 13.2 Å². The van der Waals surface area contributed by atoms with E-state index in [1.807, 2.05) is 26.2 Å². The largest absolute Gasteiger partial charge is 0.392 e. The molecule has 4 heteroatoms. The zero-order valence-corrected chi connectivity index (χ0v) is 10.6. The molecule has 0 radical (unpaired) electrons. The molecule has 94 valence electrons. The van der Waals surface area contributed by atoms with E-state index in [2.05, 4.69) is 27.4 Å². The quantitative estimate of drug-likeness (QED) is 0.542. The molecule has 17 heavy (non-hydrogen) atoms. The van der Waals surface area contributed by atoms with Gasteiger partial charge in [0.25, 0.3) is 0 Å². The summed E-state index contributed by atoms with van der Waals surface area (Å²) in [6.45, 7) is 2.58. The van der Waals surface area contributed by atoms with Crippen molar-refractivity contribution in [1.82, 2.24) is 15.2 Å². The van der Waals surface area contributed by atoms with Crippen LogP contribution in [0.15, 0.2) is 30.5 Å². The second kappa shape index (κ2) is 7.95. The Balaban J connectivity index is 2.24. The van der Waals surface area contributed by atoms with Gasteiger partial charge in [0, 0.05) is 25.8 Å². The van der Waals surface area contributed by atoms with Gasteiger partial charge in [0.15, 0.2) is 0 Å². The lowest BCUT2D eigenvalue weighted by atomic mass is 10.2. The molecule has 0 aromatic carbocycles. The average molecular weight is 235 g/mol. The van der Waals surface area contributed by atoms with Crippen molar-refractivity contribution in [2.24, 2.45) is 0 Å². The number of aliphatic hydroxyl groups is 1. The van der Waals surface area contributed by atoms with E-state index >= 15 is 0 Å². The SMILES string of the molecule is CN(C)C/C=C\CNCc1cc(CO)ccn1. The first-order chi connectivity index (χ1) is 8.22. The molecule has 0 aliphatic rings. The summed E-state index contributed by atoms with van der Waals surface area (Å²) in [5, 5.41) is 12.3. The van der Waals surface area contributed by atoms with E-state index in [9.17, 15) is 0 Å². The molecule has 2 N–H and O–H groups in total. The van der Waals surface area contributed by atoms with Crippen molar-refractivity contribution < 1.29 is 5.11 Å². The van der Waals surface area contributed by atoms with Gasteiger partial charge in [-0.3, -0.25) is 4.98 Å². The maximum Gasteiger partial charge on any atom is 0.0683 e. The summed E-state index contributed by atoms with van der Waals surface area (Å²) in [5.74, 6) is 0. The number of aliphatic hydroxyl groups excluding tert-OH is 1. The van der Waals surface area contributed by atoms with Crippen molar-refractivity contribution in [3.63, 3.8) is 0 Å². The van der Waals surface area contributed by atoms with E-state index in [1.54, 1.807) is 6.20 Å². The molecule has 1 aromatic rings. The van der Waals surface area contributed by atoms with Gasteiger partial charge in [0.1, 0.15) is 0 Å². The third kappa shape index (κ3) is 6.16. The van der Waals surface area contributed by atoms with Crippen LogP contribution in [0, 0.1) is 0 Å². The zero-order valence-electron chi connectivity index (χ0n) is 10.6. The van der Waals surface area contributed by atoms with E-state index < -0.39 is 0 Å². The van der Waals surface area contributed by atoms with Gasteiger partial charge in [0.2, 0.25) is 0 Å². The Labute approximate surface area is 103 Å². The Morgan fingerprint density at radius 3 is 2.94 bits per heavy atom. The molecule has 0 amide bonds. The molecule has 0 saturated carbocycles. The van der Waals surface area contributed by atoms with Crippen LogP contribution in [0.5, 0.6) is 0 Å². The smallest absolute Gasteiger partial charge is 0.0683 e. The standard InChI is InChI=1S/C13H21N3O/c1-16(2)8-4-3-6-14-10-13-9-12(11-17)5-7-15-13/h3-5,7,9,14,17H,6,8,10-11H2,1-2H3/b4-3-. The van der Waals surface area contributed by atoms with Crippen LogP contribution >= 0.6 is 0 Å². The summed E-state index contributed by atoms with van der Waals surface area (Å²) in [7, 11) is 4.09. The second-order valence-electron chi connectivity index (χ2n) is 4.18. The molecule has 0 unspecified atom stereocenters. The number of likely N-dealkylation sites (N-methyl/N-ethyl adjacent to an activating group) is 1. The Bertz CT molecular complexity index is 350. The molecule has 0 atom stereocenters. The van der Waals surface area contributed by atoms with Crippen LogP contribution in [0.25, 0.3) is 0 Å². The lowest BCUT2D eigenvalue weighted by Gasteiger charge is -2.05. The van der Waals surface area contributed by atoms with Gasteiger partial charge in [-0.15, -0.1) is 0 Å². The molecule has 0 aliphatic carbocycles. The number of hydrogen-bond acceptors (Lipinski definition) is 4. The Kier molecular flexibility index (Phi) is 6.47. The van der Waals surface area contributed by atoms with Crippen molar-refractivity contribution in [3.8, 4) is 0 Å². The maximum absolute atomic E-state index is 8.99. The van der Waals surface area contributed by atoms with Gasteiger partial charge >= 0.3 is 0 Å². The summed E-state index contributed by atoms with van der Waals surface area (Å²) >= 11 is 0. The molecular formula is C13H21N3O. The van der Waals surface area contributed by atoms with Crippen molar-refractivity contribution in [3.05, 3.63) is 41.7 Å². The lowest BCUT2D eigenvalue weighted by molar-refractivity contribution is 0.281. The lowest BCUT2D eigenvalue weighted by Crippen LogP contribution is -2.15. The van der Waals surface area contributed by atoms with Crippen LogP contribution in [0.3, 0.4) is 0 Å². The third-order valence-electron chi connectivity index (χ3n) is 2.27. The van der Waals surface area contributed by atoms with Gasteiger partial charge in [0.05, 0.1) is 12.3 Å². The van der Waals surface area contributed by atoms with E-state index in [4.69, 9.17) is 5.11 Å². The zero-order chi connectivity index (χ0) is 12.5. The fraction of sp³-hybridized carbons (Fsp3) is 0.462. The first kappa shape index (κ1) is 13.8. The number of aromatic nitrogens is 1. The van der Waals surface area contributed by atoms with E-state index in [0.717, 1.165) is 30.9 Å². The minimum Gasteiger partial charge on any atom is -0.392 e. The van der Waals surface area contributed by atoms with E-state index in [1.165, 1.54) is 0 Å². The minimum absolute atomic E-state index is 0.0677. The highest BCUT2D eigenvalue weighted by molar-refractivity contribution is 5.15. The first-order valence-corrected chi connectivity index (χ1v) is 5.77. The number of nitrogens with zero attached hydrogens (tertiary/aromatic N) is 2. The Morgan fingerprint density at radius 1 is 1.41 bits per heavy atom. The van der Waals surface area contributed by atoms with Crippen LogP contribution < -0.4 is 5.32 Å². The topological polar surface area (TPSA) is 48.4 Å². The maximum atomic E-state index is 8.99. The summed E-state index contributed by atoms with van der Waals surface area (Å²) in [6.07, 6.45) is 5.96. The van der Waals surface area contributed by atoms with Crippen LogP contribution in [0.4, 0.5) is 0 Å². The number of nitrogens with one attached hydrogen (secondary N) is 1. The number of pyridine rings is 1. The molecule has 0 aliphatic heterocycles. The third-order valence-corrected chi connectivity index (χ3v) is 2.27. The molecule has 0 saturated heterocycles. The van der Waals surface area contributed by atoms with E-state index in [-0.39, 0.29) is 6.61 Å². The summed E-state index contributed by atoms with van der Waals surface area (Å²) in [5.41, 5.74) is 1.86. The molecule has 4 nitrogen and oxygen atoms in total. The van der Waals surface area contributed by atoms with Crippen LogP contribution in [0.1, 0.15) is 11.3 Å². The van der Waals surface area contributed by atoms with Gasteiger partial charge in [-0.25, -0.2) is 0 Å². The fourth-order valence-electron chi connectivity index (χ4n) is 1.38. The van der Waals surface area contributed by atoms with Crippen molar-refractivity contribution in [1.29, 1.82) is 0 Å². The van der Waals surface area contributed by atoms with Crippen molar-refractivity contribution in [2.45, 2.75) is 13.2 Å². The fourth-order valence-corrected chi connectivity index (χ4v) is 1.38. The van der Waals surface area contributed by atoms with Gasteiger partial charge in [-0.05, 0) is 31.8 Å². The first-order valence-electron chi connectivity index (χ1n) is 5.77. The summed E-state index contributed by atoms with van der Waals surface area (Å²) in [6, 6.07) is 3.73. The second-order valence-corrected chi connectivity index (χ2v) is 4.18. The van der Waals surface area contributed by atoms with Gasteiger partial charge < -0.3 is 15.3 Å². The van der Waals surface area contributed by atoms with Crippen LogP contribution in [0.2, 0.25) is 0 Å². The number of rotatable bonds is 7.